The van der Waals surface area contributed by atoms with Crippen LogP contribution in [0.2, 0.25) is 0 Å². The van der Waals surface area contributed by atoms with Gasteiger partial charge in [-0.05, 0) is 32.9 Å². The molecule has 0 bridgehead atoms. The van der Waals surface area contributed by atoms with E-state index in [0.717, 1.165) is 19.5 Å². The largest absolute Gasteiger partial charge is 0.403 e. The van der Waals surface area contributed by atoms with Crippen molar-refractivity contribution in [2.45, 2.75) is 25.4 Å². The van der Waals surface area contributed by atoms with E-state index in [1.807, 2.05) is 7.05 Å². The summed E-state index contributed by atoms with van der Waals surface area (Å²) in [7, 11) is 2.01. The third-order valence-electron chi connectivity index (χ3n) is 4.67. The molecule has 0 radical (unpaired) electrons. The predicted molar refractivity (Wildman–Crippen MR) is 58.8 cm³/mol. The van der Waals surface area contributed by atoms with Gasteiger partial charge >= 0.3 is 6.18 Å². The first kappa shape index (κ1) is 12.3. The molecule has 1 aliphatic carbocycles. The average Bonchev–Trinajstić information content (AvgIpc) is 2.93. The van der Waals surface area contributed by atoms with Crippen molar-refractivity contribution in [3.63, 3.8) is 0 Å². The second kappa shape index (κ2) is 3.40. The Morgan fingerprint density at radius 2 is 1.72 bits per heavy atom. The van der Waals surface area contributed by atoms with Crippen molar-refractivity contribution >= 4 is 5.91 Å². The summed E-state index contributed by atoms with van der Waals surface area (Å²) < 4.78 is 38.5. The molecule has 1 saturated carbocycles. The molecule has 3 fully saturated rings. The third-order valence-corrected chi connectivity index (χ3v) is 4.67. The first-order valence-electron chi connectivity index (χ1n) is 6.33. The van der Waals surface area contributed by atoms with E-state index in [-0.39, 0.29) is 18.3 Å². The van der Waals surface area contributed by atoms with Crippen LogP contribution < -0.4 is 0 Å². The number of rotatable bonds is 1. The van der Waals surface area contributed by atoms with Gasteiger partial charge < -0.3 is 9.80 Å². The minimum Gasteiger partial charge on any atom is -0.341 e. The molecule has 0 N–H and O–H groups in total. The molecule has 3 rings (SSSR count). The Kier molecular flexibility index (Phi) is 2.32. The van der Waals surface area contributed by atoms with Crippen LogP contribution >= 0.6 is 0 Å². The Morgan fingerprint density at radius 3 is 2.11 bits per heavy atom. The SMILES string of the molecule is CN1CCC2(C1)CN(C(=O)C1(C(F)(F)F)CC1)C2. The maximum atomic E-state index is 12.8. The number of alkyl halides is 3. The molecule has 18 heavy (non-hydrogen) atoms. The lowest BCUT2D eigenvalue weighted by Gasteiger charge is -2.49. The molecule has 0 aromatic rings. The van der Waals surface area contributed by atoms with Gasteiger partial charge in [0.15, 0.2) is 0 Å². The van der Waals surface area contributed by atoms with Crippen LogP contribution in [0.4, 0.5) is 13.2 Å². The monoisotopic (exact) mass is 262 g/mol. The van der Waals surface area contributed by atoms with Crippen LogP contribution in [0.25, 0.3) is 0 Å². The highest BCUT2D eigenvalue weighted by molar-refractivity contribution is 5.87. The fourth-order valence-corrected chi connectivity index (χ4v) is 3.37. The number of hydrogen-bond donors (Lipinski definition) is 0. The zero-order valence-electron chi connectivity index (χ0n) is 10.4. The highest BCUT2D eigenvalue weighted by Gasteiger charge is 2.70. The summed E-state index contributed by atoms with van der Waals surface area (Å²) in [6.07, 6.45) is -3.44. The zero-order chi connectivity index (χ0) is 13.2. The van der Waals surface area contributed by atoms with Gasteiger partial charge in [0.2, 0.25) is 5.91 Å². The minimum atomic E-state index is -4.38. The molecule has 0 aromatic carbocycles. The molecule has 102 valence electrons. The number of carbonyl (C=O) groups excluding carboxylic acids is 1. The van der Waals surface area contributed by atoms with Crippen molar-refractivity contribution in [2.75, 3.05) is 33.2 Å². The van der Waals surface area contributed by atoms with Gasteiger partial charge in [-0.1, -0.05) is 0 Å². The van der Waals surface area contributed by atoms with E-state index in [2.05, 4.69) is 4.90 Å². The first-order valence-corrected chi connectivity index (χ1v) is 6.33. The van der Waals surface area contributed by atoms with E-state index >= 15 is 0 Å². The normalized spacial score (nSPS) is 29.4. The molecule has 3 nitrogen and oxygen atoms in total. The Morgan fingerprint density at radius 1 is 1.11 bits per heavy atom. The molecule has 2 aliphatic heterocycles. The molecule has 2 saturated heterocycles. The van der Waals surface area contributed by atoms with E-state index in [0.29, 0.717) is 13.1 Å². The van der Waals surface area contributed by atoms with Gasteiger partial charge in [0.25, 0.3) is 0 Å². The van der Waals surface area contributed by atoms with Gasteiger partial charge in [-0.15, -0.1) is 0 Å². The molecule has 0 atom stereocenters. The molecule has 3 aliphatic rings. The van der Waals surface area contributed by atoms with Crippen LogP contribution in [0.1, 0.15) is 19.3 Å². The topological polar surface area (TPSA) is 23.6 Å². The molecule has 1 spiro atoms. The van der Waals surface area contributed by atoms with E-state index < -0.39 is 17.5 Å². The molecule has 0 aromatic heterocycles. The highest BCUT2D eigenvalue weighted by atomic mass is 19.4. The summed E-state index contributed by atoms with van der Waals surface area (Å²) in [5.41, 5.74) is -1.95. The molecule has 2 heterocycles. The standard InChI is InChI=1S/C12H17F3N2O/c1-16-5-4-10(6-16)7-17(8-10)9(18)11(2-3-11)12(13,14)15/h2-8H2,1H3. The molecular formula is C12H17F3N2O. The number of nitrogens with zero attached hydrogens (tertiary/aromatic N) is 2. The van der Waals surface area contributed by atoms with Gasteiger partial charge in [-0.3, -0.25) is 4.79 Å². The van der Waals surface area contributed by atoms with E-state index in [1.54, 1.807) is 0 Å². The summed E-state index contributed by atoms with van der Waals surface area (Å²) in [5.74, 6) is -0.685. The zero-order valence-corrected chi connectivity index (χ0v) is 10.4. The van der Waals surface area contributed by atoms with Crippen molar-refractivity contribution < 1.29 is 18.0 Å². The number of likely N-dealkylation sites (tertiary alicyclic amines) is 2. The Labute approximate surface area is 104 Å². The lowest BCUT2D eigenvalue weighted by molar-refractivity contribution is -0.204. The molecular weight excluding hydrogens is 245 g/mol. The Hall–Kier alpha value is -0.780. The van der Waals surface area contributed by atoms with E-state index in [4.69, 9.17) is 0 Å². The van der Waals surface area contributed by atoms with Crippen molar-refractivity contribution in [3.8, 4) is 0 Å². The highest BCUT2D eigenvalue weighted by Crippen LogP contribution is 2.59. The van der Waals surface area contributed by atoms with Crippen LogP contribution in [0, 0.1) is 10.8 Å². The maximum Gasteiger partial charge on any atom is 0.403 e. The minimum absolute atomic E-state index is 0.0290. The molecule has 6 heteroatoms. The van der Waals surface area contributed by atoms with Gasteiger partial charge in [0.05, 0.1) is 0 Å². The quantitative estimate of drug-likeness (QED) is 0.715. The van der Waals surface area contributed by atoms with Crippen LogP contribution in [-0.2, 0) is 4.79 Å². The second-order valence-electron chi connectivity index (χ2n) is 6.23. The Bertz CT molecular complexity index is 383. The van der Waals surface area contributed by atoms with Gasteiger partial charge in [-0.2, -0.15) is 13.2 Å². The fraction of sp³-hybridized carbons (Fsp3) is 0.917. The fourth-order valence-electron chi connectivity index (χ4n) is 3.37. The van der Waals surface area contributed by atoms with Crippen molar-refractivity contribution in [3.05, 3.63) is 0 Å². The second-order valence-corrected chi connectivity index (χ2v) is 6.23. The van der Waals surface area contributed by atoms with Crippen molar-refractivity contribution in [2.24, 2.45) is 10.8 Å². The summed E-state index contributed by atoms with van der Waals surface area (Å²) >= 11 is 0. The summed E-state index contributed by atoms with van der Waals surface area (Å²) in [6, 6.07) is 0. The maximum absolute atomic E-state index is 12.8. The first-order chi connectivity index (χ1) is 8.28. The van der Waals surface area contributed by atoms with Crippen LogP contribution in [0.15, 0.2) is 0 Å². The van der Waals surface area contributed by atoms with Crippen LogP contribution in [0.5, 0.6) is 0 Å². The van der Waals surface area contributed by atoms with E-state index in [1.165, 1.54) is 4.90 Å². The van der Waals surface area contributed by atoms with Gasteiger partial charge in [0.1, 0.15) is 5.41 Å². The summed E-state index contributed by atoms with van der Waals surface area (Å²) in [4.78, 5) is 15.6. The predicted octanol–water partition coefficient (Wildman–Crippen LogP) is 1.49. The number of hydrogen-bond acceptors (Lipinski definition) is 2. The lowest BCUT2D eigenvalue weighted by atomic mass is 9.78. The Balaban J connectivity index is 1.64. The van der Waals surface area contributed by atoms with Crippen molar-refractivity contribution in [1.29, 1.82) is 0 Å². The average molecular weight is 262 g/mol. The van der Waals surface area contributed by atoms with E-state index in [9.17, 15) is 18.0 Å². The van der Waals surface area contributed by atoms with Crippen LogP contribution in [-0.4, -0.2) is 55.1 Å². The number of halogens is 3. The van der Waals surface area contributed by atoms with Crippen LogP contribution in [0.3, 0.4) is 0 Å². The lowest BCUT2D eigenvalue weighted by Crippen LogP contribution is -2.62. The number of carbonyl (C=O) groups is 1. The number of amides is 1. The molecule has 1 amide bonds. The van der Waals surface area contributed by atoms with Gasteiger partial charge in [-0.25, -0.2) is 0 Å². The molecule has 0 unspecified atom stereocenters. The smallest absolute Gasteiger partial charge is 0.341 e. The van der Waals surface area contributed by atoms with Gasteiger partial charge in [0, 0.05) is 25.0 Å². The third kappa shape index (κ3) is 1.57. The summed E-state index contributed by atoms with van der Waals surface area (Å²) in [6.45, 7) is 2.89. The summed E-state index contributed by atoms with van der Waals surface area (Å²) in [5, 5.41) is 0. The van der Waals surface area contributed by atoms with Crippen molar-refractivity contribution in [1.82, 2.24) is 9.80 Å².